The third-order valence-corrected chi connectivity index (χ3v) is 4.08. The Hall–Kier alpha value is -0.650. The number of hydrogen-bond acceptors (Lipinski definition) is 4. The van der Waals surface area contributed by atoms with Gasteiger partial charge in [0.2, 0.25) is 5.91 Å². The van der Waals surface area contributed by atoms with E-state index in [1.165, 1.54) is 12.8 Å². The molecule has 0 spiro atoms. The minimum absolute atomic E-state index is 0.000622. The number of carbonyl (C=O) groups is 1. The largest absolute Gasteiger partial charge is 0.388 e. The summed E-state index contributed by atoms with van der Waals surface area (Å²) in [5, 5.41) is 16.6. The highest BCUT2D eigenvalue weighted by atomic mass is 16.5. The van der Waals surface area contributed by atoms with Crippen molar-refractivity contribution in [3.8, 4) is 0 Å². The average molecular weight is 270 g/mol. The van der Waals surface area contributed by atoms with Gasteiger partial charge < -0.3 is 20.5 Å². The predicted molar refractivity (Wildman–Crippen MR) is 72.9 cm³/mol. The normalized spacial score (nSPS) is 27.5. The van der Waals surface area contributed by atoms with Crippen LogP contribution in [0, 0.1) is 0 Å². The summed E-state index contributed by atoms with van der Waals surface area (Å²) < 4.78 is 5.32. The van der Waals surface area contributed by atoms with Gasteiger partial charge in [0, 0.05) is 25.6 Å². The lowest BCUT2D eigenvalue weighted by atomic mass is 9.94. The van der Waals surface area contributed by atoms with Crippen LogP contribution in [-0.2, 0) is 9.53 Å². The summed E-state index contributed by atoms with van der Waals surface area (Å²) in [6.45, 7) is 2.51. The lowest BCUT2D eigenvalue weighted by Crippen LogP contribution is -2.47. The maximum absolute atomic E-state index is 11.9. The van der Waals surface area contributed by atoms with Crippen LogP contribution >= 0.6 is 0 Å². The number of nitrogens with one attached hydrogen (secondary N) is 2. The highest BCUT2D eigenvalue weighted by Crippen LogP contribution is 2.26. The second-order valence-electron chi connectivity index (χ2n) is 5.85. The van der Waals surface area contributed by atoms with Crippen LogP contribution in [-0.4, -0.2) is 49.0 Å². The Kier molecular flexibility index (Phi) is 5.60. The number of ether oxygens (including phenoxy) is 1. The SMILES string of the molecule is O=C(CC1COCCN1)NCC1(O)CCCCCC1. The molecule has 2 aliphatic rings. The minimum Gasteiger partial charge on any atom is -0.388 e. The van der Waals surface area contributed by atoms with Crippen LogP contribution in [0.4, 0.5) is 0 Å². The van der Waals surface area contributed by atoms with Crippen LogP contribution in [0.15, 0.2) is 0 Å². The summed E-state index contributed by atoms with van der Waals surface area (Å²) in [5.41, 5.74) is -0.692. The van der Waals surface area contributed by atoms with Crippen molar-refractivity contribution in [3.05, 3.63) is 0 Å². The van der Waals surface area contributed by atoms with Crippen molar-refractivity contribution in [1.29, 1.82) is 0 Å². The molecule has 3 N–H and O–H groups in total. The summed E-state index contributed by atoms with van der Waals surface area (Å²) in [7, 11) is 0. The molecule has 2 rings (SSSR count). The van der Waals surface area contributed by atoms with Gasteiger partial charge in [-0.15, -0.1) is 0 Å². The topological polar surface area (TPSA) is 70.6 Å². The van der Waals surface area contributed by atoms with E-state index in [2.05, 4.69) is 10.6 Å². The van der Waals surface area contributed by atoms with E-state index in [9.17, 15) is 9.90 Å². The molecule has 1 atom stereocenters. The molecule has 1 aliphatic heterocycles. The molecule has 0 aromatic heterocycles. The van der Waals surface area contributed by atoms with Crippen molar-refractivity contribution in [1.82, 2.24) is 10.6 Å². The third-order valence-electron chi connectivity index (χ3n) is 4.08. The van der Waals surface area contributed by atoms with Gasteiger partial charge in [-0.25, -0.2) is 0 Å². The fourth-order valence-electron chi connectivity index (χ4n) is 2.87. The molecule has 1 saturated heterocycles. The van der Waals surface area contributed by atoms with Crippen molar-refractivity contribution in [3.63, 3.8) is 0 Å². The summed E-state index contributed by atoms with van der Waals surface area (Å²) in [6.07, 6.45) is 6.54. The van der Waals surface area contributed by atoms with Crippen molar-refractivity contribution >= 4 is 5.91 Å². The van der Waals surface area contributed by atoms with Crippen LogP contribution in [0.3, 0.4) is 0 Å². The zero-order valence-electron chi connectivity index (χ0n) is 11.6. The molecule has 0 bridgehead atoms. The molecule has 1 aliphatic carbocycles. The number of aliphatic hydroxyl groups is 1. The smallest absolute Gasteiger partial charge is 0.221 e. The average Bonchev–Trinajstić information content (AvgIpc) is 2.63. The highest BCUT2D eigenvalue weighted by Gasteiger charge is 2.28. The maximum atomic E-state index is 11.9. The van der Waals surface area contributed by atoms with E-state index in [4.69, 9.17) is 4.74 Å². The summed E-state index contributed by atoms with van der Waals surface area (Å²) in [4.78, 5) is 11.9. The van der Waals surface area contributed by atoms with Crippen molar-refractivity contribution in [2.75, 3.05) is 26.3 Å². The van der Waals surface area contributed by atoms with Crippen molar-refractivity contribution in [2.24, 2.45) is 0 Å². The molecule has 1 unspecified atom stereocenters. The maximum Gasteiger partial charge on any atom is 0.221 e. The first-order valence-corrected chi connectivity index (χ1v) is 7.48. The van der Waals surface area contributed by atoms with Crippen molar-refractivity contribution < 1.29 is 14.6 Å². The standard InChI is InChI=1S/C14H26N2O3/c17-13(9-12-10-19-8-7-15-12)16-11-14(18)5-3-1-2-4-6-14/h12,15,18H,1-11H2,(H,16,17). The molecule has 0 aromatic carbocycles. The van der Waals surface area contributed by atoms with Crippen LogP contribution in [0.1, 0.15) is 44.9 Å². The van der Waals surface area contributed by atoms with E-state index in [0.29, 0.717) is 19.6 Å². The monoisotopic (exact) mass is 270 g/mol. The van der Waals surface area contributed by atoms with E-state index in [0.717, 1.165) is 38.8 Å². The fourth-order valence-corrected chi connectivity index (χ4v) is 2.87. The molecule has 2 fully saturated rings. The number of rotatable bonds is 4. The first-order valence-electron chi connectivity index (χ1n) is 7.48. The fraction of sp³-hybridized carbons (Fsp3) is 0.929. The Bertz CT molecular complexity index is 282. The van der Waals surface area contributed by atoms with Crippen LogP contribution in [0.2, 0.25) is 0 Å². The third kappa shape index (κ3) is 5.09. The van der Waals surface area contributed by atoms with E-state index in [-0.39, 0.29) is 11.9 Å². The van der Waals surface area contributed by atoms with Crippen molar-refractivity contribution in [2.45, 2.75) is 56.6 Å². The van der Waals surface area contributed by atoms with E-state index in [1.54, 1.807) is 0 Å². The number of morpholine rings is 1. The first kappa shape index (κ1) is 14.8. The van der Waals surface area contributed by atoms with Gasteiger partial charge in [-0.1, -0.05) is 25.7 Å². The molecule has 0 radical (unpaired) electrons. The quantitative estimate of drug-likeness (QED) is 0.653. The molecule has 5 nitrogen and oxygen atoms in total. The number of hydrogen-bond donors (Lipinski definition) is 3. The molecule has 19 heavy (non-hydrogen) atoms. The zero-order chi connectivity index (χ0) is 13.6. The predicted octanol–water partition coefficient (Wildman–Crippen LogP) is 0.566. The van der Waals surface area contributed by atoms with Gasteiger partial charge in [0.25, 0.3) is 0 Å². The van der Waals surface area contributed by atoms with Crippen LogP contribution in [0.25, 0.3) is 0 Å². The van der Waals surface area contributed by atoms with Crippen LogP contribution < -0.4 is 10.6 Å². The lowest BCUT2D eigenvalue weighted by molar-refractivity contribution is -0.123. The number of carbonyl (C=O) groups excluding carboxylic acids is 1. The molecule has 1 amide bonds. The summed E-state index contributed by atoms with van der Waals surface area (Å²) in [6, 6.07) is 0.109. The van der Waals surface area contributed by atoms with E-state index < -0.39 is 5.60 Å². The Morgan fingerprint density at radius 2 is 2.05 bits per heavy atom. The molecule has 0 aromatic rings. The van der Waals surface area contributed by atoms with Gasteiger partial charge in [0.1, 0.15) is 0 Å². The van der Waals surface area contributed by atoms with E-state index >= 15 is 0 Å². The second kappa shape index (κ2) is 7.22. The van der Waals surface area contributed by atoms with Crippen LogP contribution in [0.5, 0.6) is 0 Å². The zero-order valence-corrected chi connectivity index (χ0v) is 11.6. The molecule has 110 valence electrons. The first-order chi connectivity index (χ1) is 9.18. The minimum atomic E-state index is -0.692. The molecule has 1 heterocycles. The summed E-state index contributed by atoms with van der Waals surface area (Å²) >= 11 is 0. The van der Waals surface area contributed by atoms with Gasteiger partial charge in [0.05, 0.1) is 18.8 Å². The molecule has 1 saturated carbocycles. The molecular formula is C14H26N2O3. The van der Waals surface area contributed by atoms with Gasteiger partial charge in [0.15, 0.2) is 0 Å². The Morgan fingerprint density at radius 1 is 1.32 bits per heavy atom. The summed E-state index contributed by atoms with van der Waals surface area (Å²) in [5.74, 6) is 0.000622. The lowest BCUT2D eigenvalue weighted by Gasteiger charge is -2.28. The Morgan fingerprint density at radius 3 is 2.68 bits per heavy atom. The second-order valence-corrected chi connectivity index (χ2v) is 5.85. The Balaban J connectivity index is 1.69. The highest BCUT2D eigenvalue weighted by molar-refractivity contribution is 5.76. The van der Waals surface area contributed by atoms with Gasteiger partial charge >= 0.3 is 0 Å². The molecular weight excluding hydrogens is 244 g/mol. The van der Waals surface area contributed by atoms with E-state index in [1.807, 2.05) is 0 Å². The van der Waals surface area contributed by atoms with Gasteiger partial charge in [-0.05, 0) is 12.8 Å². The molecule has 5 heteroatoms. The number of amides is 1. The van der Waals surface area contributed by atoms with Gasteiger partial charge in [-0.2, -0.15) is 0 Å². The Labute approximate surface area is 115 Å². The van der Waals surface area contributed by atoms with Gasteiger partial charge in [-0.3, -0.25) is 4.79 Å².